The van der Waals surface area contributed by atoms with Crippen molar-refractivity contribution in [3.63, 3.8) is 0 Å². The van der Waals surface area contributed by atoms with E-state index in [4.69, 9.17) is 0 Å². The van der Waals surface area contributed by atoms with Gasteiger partial charge in [-0.3, -0.25) is 0 Å². The van der Waals surface area contributed by atoms with E-state index < -0.39 is 0 Å². The lowest BCUT2D eigenvalue weighted by Gasteiger charge is -2.29. The van der Waals surface area contributed by atoms with Crippen LogP contribution in [0, 0.1) is 5.92 Å². The predicted molar refractivity (Wildman–Crippen MR) is 128 cm³/mol. The molecule has 3 N–H and O–H groups in total. The summed E-state index contributed by atoms with van der Waals surface area (Å²) in [5.41, 5.74) is 3.33. The smallest absolute Gasteiger partial charge is 0.319 e. The summed E-state index contributed by atoms with van der Waals surface area (Å²) in [4.78, 5) is 23.4. The molecule has 0 radical (unpaired) electrons. The maximum atomic E-state index is 12.5. The van der Waals surface area contributed by atoms with Crippen LogP contribution in [-0.2, 0) is 12.8 Å². The Hall–Kier alpha value is -2.83. The first-order valence-electron chi connectivity index (χ1n) is 11.4. The molecular weight excluding hydrogens is 388 g/mol. The molecule has 0 atom stereocenters. The summed E-state index contributed by atoms with van der Waals surface area (Å²) in [6, 6.07) is 8.41. The van der Waals surface area contributed by atoms with Crippen molar-refractivity contribution >= 4 is 23.5 Å². The van der Waals surface area contributed by atoms with Crippen LogP contribution in [0.4, 0.5) is 22.2 Å². The van der Waals surface area contributed by atoms with Gasteiger partial charge in [-0.1, -0.05) is 32.0 Å². The van der Waals surface area contributed by atoms with Gasteiger partial charge in [0.15, 0.2) is 0 Å². The summed E-state index contributed by atoms with van der Waals surface area (Å²) in [6.07, 6.45) is 7.88. The van der Waals surface area contributed by atoms with Crippen molar-refractivity contribution in [2.24, 2.45) is 5.92 Å². The number of carbonyl (C=O) groups is 1. The molecule has 1 fully saturated rings. The van der Waals surface area contributed by atoms with E-state index in [0.29, 0.717) is 24.5 Å². The fourth-order valence-electron chi connectivity index (χ4n) is 4.16. The Kier molecular flexibility index (Phi) is 8.09. The van der Waals surface area contributed by atoms with Crippen LogP contribution >= 0.6 is 0 Å². The van der Waals surface area contributed by atoms with Gasteiger partial charge in [-0.05, 0) is 61.6 Å². The van der Waals surface area contributed by atoms with Crippen molar-refractivity contribution < 1.29 is 4.79 Å². The first-order valence-corrected chi connectivity index (χ1v) is 11.4. The predicted octanol–water partition coefficient (Wildman–Crippen LogP) is 4.46. The van der Waals surface area contributed by atoms with E-state index in [0.717, 1.165) is 50.0 Å². The van der Waals surface area contributed by atoms with Crippen molar-refractivity contribution in [3.8, 4) is 0 Å². The second-order valence-corrected chi connectivity index (χ2v) is 8.49. The summed E-state index contributed by atoms with van der Waals surface area (Å²) in [5, 5.41) is 9.65. The van der Waals surface area contributed by atoms with E-state index in [1.165, 1.54) is 11.1 Å². The first kappa shape index (κ1) is 22.8. The number of amides is 2. The number of para-hydroxylation sites is 1. The van der Waals surface area contributed by atoms with Crippen molar-refractivity contribution in [1.29, 1.82) is 0 Å². The molecule has 7 nitrogen and oxygen atoms in total. The fourth-order valence-corrected chi connectivity index (χ4v) is 4.16. The molecule has 3 rings (SSSR count). The molecule has 0 saturated heterocycles. The van der Waals surface area contributed by atoms with Crippen molar-refractivity contribution in [2.75, 3.05) is 36.2 Å². The molecule has 1 aromatic carbocycles. The molecule has 31 heavy (non-hydrogen) atoms. The highest BCUT2D eigenvalue weighted by Gasteiger charge is 2.22. The van der Waals surface area contributed by atoms with E-state index in [1.807, 2.05) is 25.1 Å². The van der Waals surface area contributed by atoms with Crippen molar-refractivity contribution in [3.05, 3.63) is 41.6 Å². The molecule has 1 aliphatic carbocycles. The minimum atomic E-state index is -0.107. The second kappa shape index (κ2) is 11.0. The Morgan fingerprint density at radius 3 is 2.35 bits per heavy atom. The van der Waals surface area contributed by atoms with E-state index in [2.05, 4.69) is 58.0 Å². The molecule has 0 aliphatic heterocycles. The topological polar surface area (TPSA) is 82.2 Å². The average molecular weight is 425 g/mol. The molecule has 0 spiro atoms. The summed E-state index contributed by atoms with van der Waals surface area (Å²) in [6.45, 7) is 4.94. The number of hydrogen-bond donors (Lipinski definition) is 3. The highest BCUT2D eigenvalue weighted by Crippen LogP contribution is 2.26. The number of aryl methyl sites for hydroxylation is 2. The van der Waals surface area contributed by atoms with Gasteiger partial charge < -0.3 is 20.9 Å². The number of nitrogens with one attached hydrogen (secondary N) is 3. The average Bonchev–Trinajstić information content (AvgIpc) is 2.79. The maximum absolute atomic E-state index is 12.5. The number of urea groups is 1. The third-order valence-corrected chi connectivity index (χ3v) is 6.07. The van der Waals surface area contributed by atoms with Gasteiger partial charge in [0.25, 0.3) is 0 Å². The van der Waals surface area contributed by atoms with Crippen molar-refractivity contribution in [1.82, 2.24) is 15.3 Å². The standard InChI is InChI=1S/C24H36N6O/c1-5-18-8-7-9-19(6-2)22(18)29-24(31)26-16-17-10-12-20(13-11-17)27-23-25-15-14-21(28-23)30(3)4/h7-9,14-15,17,20H,5-6,10-13,16H2,1-4H3,(H,25,27,28)(H2,26,29,31). The third-order valence-electron chi connectivity index (χ3n) is 6.07. The van der Waals surface area contributed by atoms with Crippen LogP contribution in [0.5, 0.6) is 0 Å². The molecule has 1 aromatic heterocycles. The number of nitrogens with zero attached hydrogens (tertiary/aromatic N) is 3. The SMILES string of the molecule is CCc1cccc(CC)c1NC(=O)NCC1CCC(Nc2nccc(N(C)C)n2)CC1. The fraction of sp³-hybridized carbons (Fsp3) is 0.542. The number of anilines is 3. The molecule has 168 valence electrons. The molecule has 2 aromatic rings. The molecule has 1 aliphatic rings. The zero-order chi connectivity index (χ0) is 22.2. The van der Waals surface area contributed by atoms with E-state index in [9.17, 15) is 4.79 Å². The van der Waals surface area contributed by atoms with Crippen LogP contribution in [0.25, 0.3) is 0 Å². The molecule has 1 saturated carbocycles. The lowest BCUT2D eigenvalue weighted by molar-refractivity contribution is 0.246. The first-order chi connectivity index (χ1) is 15.0. The highest BCUT2D eigenvalue weighted by atomic mass is 16.2. The Balaban J connectivity index is 1.44. The van der Waals surface area contributed by atoms with Crippen LogP contribution < -0.4 is 20.9 Å². The largest absolute Gasteiger partial charge is 0.363 e. The lowest BCUT2D eigenvalue weighted by atomic mass is 9.86. The van der Waals surface area contributed by atoms with Gasteiger partial charge in [-0.25, -0.2) is 9.78 Å². The minimum absolute atomic E-state index is 0.107. The minimum Gasteiger partial charge on any atom is -0.363 e. The number of benzene rings is 1. The Bertz CT molecular complexity index is 839. The van der Waals surface area contributed by atoms with Crippen LogP contribution in [-0.4, -0.2) is 42.7 Å². The van der Waals surface area contributed by atoms with Gasteiger partial charge >= 0.3 is 6.03 Å². The third kappa shape index (κ3) is 6.32. The van der Waals surface area contributed by atoms with Crippen LogP contribution in [0.2, 0.25) is 0 Å². The van der Waals surface area contributed by atoms with Gasteiger partial charge in [-0.15, -0.1) is 0 Å². The number of hydrogen-bond acceptors (Lipinski definition) is 5. The molecule has 7 heteroatoms. The Labute approximate surface area is 186 Å². The molecule has 1 heterocycles. The van der Waals surface area contributed by atoms with E-state index in [1.54, 1.807) is 6.20 Å². The monoisotopic (exact) mass is 424 g/mol. The number of carbonyl (C=O) groups excluding carboxylic acids is 1. The highest BCUT2D eigenvalue weighted by molar-refractivity contribution is 5.91. The Morgan fingerprint density at radius 2 is 1.74 bits per heavy atom. The molecule has 0 bridgehead atoms. The summed E-state index contributed by atoms with van der Waals surface area (Å²) in [5.74, 6) is 2.09. The van der Waals surface area contributed by atoms with Crippen molar-refractivity contribution in [2.45, 2.75) is 58.4 Å². The summed E-state index contributed by atoms with van der Waals surface area (Å²) >= 11 is 0. The quantitative estimate of drug-likeness (QED) is 0.583. The van der Waals surface area contributed by atoms with E-state index >= 15 is 0 Å². The molecule has 2 amide bonds. The zero-order valence-electron chi connectivity index (χ0n) is 19.2. The van der Waals surface area contributed by atoms with Gasteiger partial charge in [0.1, 0.15) is 5.82 Å². The van der Waals surface area contributed by atoms with E-state index in [-0.39, 0.29) is 6.03 Å². The number of rotatable bonds is 8. The molecule has 0 unspecified atom stereocenters. The maximum Gasteiger partial charge on any atom is 0.319 e. The van der Waals surface area contributed by atoms with Crippen LogP contribution in [0.3, 0.4) is 0 Å². The van der Waals surface area contributed by atoms with Gasteiger partial charge in [0, 0.05) is 38.6 Å². The van der Waals surface area contributed by atoms with Crippen LogP contribution in [0.1, 0.15) is 50.7 Å². The van der Waals surface area contributed by atoms with Gasteiger partial charge in [0.2, 0.25) is 5.95 Å². The zero-order valence-corrected chi connectivity index (χ0v) is 19.2. The normalized spacial score (nSPS) is 18.3. The molecular formula is C24H36N6O. The lowest BCUT2D eigenvalue weighted by Crippen LogP contribution is -2.36. The number of aromatic nitrogens is 2. The second-order valence-electron chi connectivity index (χ2n) is 8.49. The van der Waals surface area contributed by atoms with Gasteiger partial charge in [0.05, 0.1) is 0 Å². The summed E-state index contributed by atoms with van der Waals surface area (Å²) in [7, 11) is 3.95. The van der Waals surface area contributed by atoms with Gasteiger partial charge in [-0.2, -0.15) is 4.98 Å². The van der Waals surface area contributed by atoms with Crippen LogP contribution in [0.15, 0.2) is 30.5 Å². The Morgan fingerprint density at radius 1 is 1.06 bits per heavy atom. The summed E-state index contributed by atoms with van der Waals surface area (Å²) < 4.78 is 0.